The maximum Gasteiger partial charge on any atom is 0.435 e. The lowest BCUT2D eigenvalue weighted by molar-refractivity contribution is -0.881. The van der Waals surface area contributed by atoms with Crippen LogP contribution in [0, 0.1) is 17.3 Å². The van der Waals surface area contributed by atoms with Gasteiger partial charge < -0.3 is 23.8 Å². The number of nitrogens with one attached hydrogen (secondary N) is 1. The van der Waals surface area contributed by atoms with Crippen LogP contribution >= 0.6 is 0 Å². The minimum atomic E-state index is -6.73. The van der Waals surface area contributed by atoms with Gasteiger partial charge in [-0.1, -0.05) is 13.0 Å². The predicted octanol–water partition coefficient (Wildman–Crippen LogP) is 6.30. The molecule has 258 valence electrons. The molecule has 0 aliphatic heterocycles. The number of ether oxygens (including phenoxy) is 4. The van der Waals surface area contributed by atoms with E-state index in [2.05, 4.69) is 23.8 Å². The van der Waals surface area contributed by atoms with Crippen LogP contribution in [0.1, 0.15) is 63.9 Å². The van der Waals surface area contributed by atoms with Crippen LogP contribution in [-0.4, -0.2) is 83.9 Å². The van der Waals surface area contributed by atoms with Crippen molar-refractivity contribution in [1.82, 2.24) is 0 Å². The lowest BCUT2D eigenvalue weighted by atomic mass is 9.55. The summed E-state index contributed by atoms with van der Waals surface area (Å²) in [6, 6.07) is 6.32. The number of fused-ring (bicyclic) bond motifs is 5. The molecule has 14 heteroatoms. The predicted molar refractivity (Wildman–Crippen MR) is 146 cm³/mol. The molecule has 3 aliphatic carbocycles. The smallest absolute Gasteiger partial charge is 0.435 e. The molecule has 3 aliphatic rings. The normalized spacial score (nSPS) is 28.2. The van der Waals surface area contributed by atoms with E-state index < -0.39 is 37.3 Å². The summed E-state index contributed by atoms with van der Waals surface area (Å²) in [6.45, 7) is 1.68. The van der Waals surface area contributed by atoms with Crippen LogP contribution < -0.4 is 9.64 Å². The quantitative estimate of drug-likeness (QED) is 0.199. The van der Waals surface area contributed by atoms with E-state index in [0.717, 1.165) is 44.3 Å². The Morgan fingerprint density at radius 1 is 0.889 bits per heavy atom. The highest BCUT2D eigenvalue weighted by molar-refractivity contribution is 5.40. The van der Waals surface area contributed by atoms with Crippen LogP contribution in [0.5, 0.6) is 5.75 Å². The van der Waals surface area contributed by atoms with Gasteiger partial charge in [-0.05, 0) is 85.0 Å². The summed E-state index contributed by atoms with van der Waals surface area (Å²) in [5.74, 6) is 2.20. The molecule has 5 nitrogen and oxygen atoms in total. The van der Waals surface area contributed by atoms with Crippen molar-refractivity contribution in [1.29, 1.82) is 0 Å². The molecular formula is C31H43F9NO4+. The van der Waals surface area contributed by atoms with Crippen LogP contribution in [0.2, 0.25) is 0 Å². The maximum absolute atomic E-state index is 13.1. The molecule has 1 aromatic carbocycles. The number of alkyl halides is 9. The first-order valence-corrected chi connectivity index (χ1v) is 15.4. The molecule has 45 heavy (non-hydrogen) atoms. The highest BCUT2D eigenvalue weighted by Crippen LogP contribution is 2.61. The first-order valence-electron chi connectivity index (χ1n) is 16.1. The van der Waals surface area contributed by atoms with E-state index in [-0.39, 0.29) is 31.8 Å². The van der Waals surface area contributed by atoms with Gasteiger partial charge in [0.1, 0.15) is 18.8 Å². The molecule has 0 aromatic heterocycles. The van der Waals surface area contributed by atoms with E-state index >= 15 is 0 Å². The number of quaternary nitrogens is 1. The monoisotopic (exact) mass is 665 g/mol. The molecule has 0 heterocycles. The van der Waals surface area contributed by atoms with Gasteiger partial charge in [0.25, 0.3) is 0 Å². The minimum Gasteiger partial charge on any atom is -0.493 e. The van der Waals surface area contributed by atoms with Gasteiger partial charge in [0.05, 0.1) is 34.3 Å². The van der Waals surface area contributed by atoms with Crippen molar-refractivity contribution in [2.75, 3.05) is 53.7 Å². The zero-order valence-corrected chi connectivity index (χ0v) is 25.5. The number of likely N-dealkylation sites (N-methyl/N-ethyl adjacent to an activating group) is 1. The number of methoxy groups -OCH3 is 1. The Morgan fingerprint density at radius 2 is 1.58 bits per heavy atom. The molecule has 0 amide bonds. The van der Waals surface area contributed by atoms with Crippen molar-refractivity contribution in [3.63, 3.8) is 0 Å². The van der Waals surface area contributed by atoms with Gasteiger partial charge in [0, 0.05) is 20.1 Å². The van der Waals surface area contributed by atoms with Crippen molar-refractivity contribution in [2.45, 2.75) is 88.0 Å². The summed E-state index contributed by atoms with van der Waals surface area (Å²) in [6.07, 6.45) is -13.8. The van der Waals surface area contributed by atoms with Gasteiger partial charge in [-0.3, -0.25) is 0 Å². The number of rotatable bonds is 13. The summed E-state index contributed by atoms with van der Waals surface area (Å²) in [4.78, 5) is 0.386. The number of halogens is 9. The van der Waals surface area contributed by atoms with Crippen molar-refractivity contribution in [3.8, 4) is 5.75 Å². The molecule has 1 aromatic rings. The van der Waals surface area contributed by atoms with Gasteiger partial charge >= 0.3 is 24.1 Å². The zero-order chi connectivity index (χ0) is 34.0. The van der Waals surface area contributed by atoms with Crippen LogP contribution in [0.3, 0.4) is 0 Å². The third-order valence-corrected chi connectivity index (χ3v) is 10.2. The topological polar surface area (TPSA) is 41.4 Å². The first-order chi connectivity index (χ1) is 21.5. The lowest BCUT2D eigenvalue weighted by Gasteiger charge is -2.50. The second-order valence-corrected chi connectivity index (χ2v) is 12.8. The van der Waals surface area contributed by atoms with E-state index in [4.69, 9.17) is 15.6 Å². The van der Waals surface area contributed by atoms with E-state index in [1.54, 1.807) is 0 Å². The minimum absolute atomic E-state index is 0.0616. The Bertz CT molecular complexity index is 1110. The van der Waals surface area contributed by atoms with Crippen LogP contribution in [0.15, 0.2) is 18.2 Å². The zero-order valence-electron chi connectivity index (χ0n) is 26.5. The van der Waals surface area contributed by atoms with E-state index in [0.29, 0.717) is 42.3 Å². The molecule has 0 saturated heterocycles. The second-order valence-electron chi connectivity index (χ2n) is 12.8. The highest BCUT2D eigenvalue weighted by Gasteiger charge is 2.85. The molecule has 4 unspecified atom stereocenters. The summed E-state index contributed by atoms with van der Waals surface area (Å²) >= 11 is 0. The standard InChI is InChI=1S/C31H42F9NO4/c1-27-12-11-23-22-8-6-21(43-16-4-15-42-3)19-20(22)5-7-24(23)25(27)9-10-26(27)44-17-13-41(2)14-18-45-28(29(32,33)34,30(35,36)37)31(38,39)40/h6,8,19,23-26H,4-5,7,9-18H2,1-3H3/p+1/t23?,24?,25?,26-,27-/m0/s1/i3D. The lowest BCUT2D eigenvalue weighted by Crippen LogP contribution is -3.10. The molecule has 4 rings (SSSR count). The molecule has 0 spiro atoms. The molecule has 2 fully saturated rings. The maximum atomic E-state index is 13.1. The van der Waals surface area contributed by atoms with Crippen molar-refractivity contribution >= 4 is 0 Å². The molecule has 0 radical (unpaired) electrons. The summed E-state index contributed by atoms with van der Waals surface area (Å²) in [5, 5.41) is 0. The van der Waals surface area contributed by atoms with Crippen molar-refractivity contribution in [3.05, 3.63) is 29.3 Å². The largest absolute Gasteiger partial charge is 0.493 e. The van der Waals surface area contributed by atoms with Crippen LogP contribution in [0.4, 0.5) is 39.5 Å². The first kappa shape index (κ1) is 34.6. The number of aryl methyl sites for hydroxylation is 1. The van der Waals surface area contributed by atoms with E-state index in [9.17, 15) is 39.5 Å². The van der Waals surface area contributed by atoms with E-state index in [1.165, 1.54) is 18.2 Å². The Labute approximate surface area is 259 Å². The Hall–Kier alpha value is -1.77. The number of hydrogen-bond donors (Lipinski definition) is 1. The van der Waals surface area contributed by atoms with Gasteiger partial charge in [-0.2, -0.15) is 39.5 Å². The fourth-order valence-corrected chi connectivity index (χ4v) is 7.83. The third kappa shape index (κ3) is 7.23. The van der Waals surface area contributed by atoms with Crippen LogP contribution in [0.25, 0.3) is 0 Å². The van der Waals surface area contributed by atoms with Gasteiger partial charge in [0.15, 0.2) is 0 Å². The average Bonchev–Trinajstić information content (AvgIpc) is 3.29. The summed E-state index contributed by atoms with van der Waals surface area (Å²) < 4.78 is 146. The molecule has 1 N–H and O–H groups in total. The SMILES string of the molecule is [2H]COCCCOc1ccc2c(c1)CCC1C2CC[C@@]2(C)C1CC[C@@H]2OCC[NH+](C)CCOC(C(F)(F)F)(C(F)(F)F)C(F)(F)F. The molecule has 0 bridgehead atoms. The molecule has 2 saturated carbocycles. The third-order valence-electron chi connectivity index (χ3n) is 10.2. The Kier molecular flexibility index (Phi) is 10.6. The highest BCUT2D eigenvalue weighted by atomic mass is 19.4. The molecule has 6 atom stereocenters. The van der Waals surface area contributed by atoms with E-state index in [1.807, 2.05) is 6.07 Å². The van der Waals surface area contributed by atoms with Gasteiger partial charge in [-0.25, -0.2) is 0 Å². The fraction of sp³-hybridized carbons (Fsp3) is 0.806. The van der Waals surface area contributed by atoms with Gasteiger partial charge in [-0.15, -0.1) is 0 Å². The Morgan fingerprint density at radius 3 is 2.24 bits per heavy atom. The number of hydrogen-bond acceptors (Lipinski definition) is 4. The van der Waals surface area contributed by atoms with Crippen molar-refractivity contribution in [2.24, 2.45) is 17.3 Å². The van der Waals surface area contributed by atoms with Crippen LogP contribution in [-0.2, 0) is 20.6 Å². The second kappa shape index (κ2) is 13.8. The fourth-order valence-electron chi connectivity index (χ4n) is 7.83. The number of benzene rings is 1. The summed E-state index contributed by atoms with van der Waals surface area (Å²) in [5.41, 5.74) is -3.65. The summed E-state index contributed by atoms with van der Waals surface area (Å²) in [7, 11) is 1.39. The van der Waals surface area contributed by atoms with Gasteiger partial charge in [0.2, 0.25) is 0 Å². The Balaban J connectivity index is 1.27. The molecular weight excluding hydrogens is 621 g/mol. The average molecular weight is 666 g/mol. The van der Waals surface area contributed by atoms with Crippen molar-refractivity contribution < 1.29 is 64.7 Å².